The van der Waals surface area contributed by atoms with Crippen LogP contribution in [0, 0.1) is 17.8 Å². The van der Waals surface area contributed by atoms with Gasteiger partial charge in [0.15, 0.2) is 5.96 Å². The van der Waals surface area contributed by atoms with Crippen LogP contribution < -0.4 is 49.1 Å². The summed E-state index contributed by atoms with van der Waals surface area (Å²) < 4.78 is 0. The van der Waals surface area contributed by atoms with Crippen LogP contribution >= 0.6 is 0 Å². The Bertz CT molecular complexity index is 1580. The number of aliphatic carboxylic acids is 1. The molecule has 1 rings (SSSR count). The molecule has 0 aliphatic carbocycles. The molecule has 0 fully saturated rings. The maximum absolute atomic E-state index is 13.9. The summed E-state index contributed by atoms with van der Waals surface area (Å²) in [5.74, 6) is -7.09. The third-order valence-electron chi connectivity index (χ3n) is 8.78. The predicted octanol–water partition coefficient (Wildman–Crippen LogP) is -0.690. The Balaban J connectivity index is 3.27. The van der Waals surface area contributed by atoms with Gasteiger partial charge in [0.1, 0.15) is 36.3 Å². The molecule has 0 heterocycles. The second kappa shape index (κ2) is 25.5. The van der Waals surface area contributed by atoms with Gasteiger partial charge in [-0.25, -0.2) is 4.79 Å². The summed E-state index contributed by atoms with van der Waals surface area (Å²) in [4.78, 5) is 108. The summed E-state index contributed by atoms with van der Waals surface area (Å²) in [5.41, 5.74) is 16.8. The highest BCUT2D eigenvalue weighted by molar-refractivity contribution is 5.97. The van der Waals surface area contributed by atoms with Gasteiger partial charge in [0, 0.05) is 26.3 Å². The quantitative estimate of drug-likeness (QED) is 0.0317. The molecule has 0 saturated heterocycles. The number of aliphatic imine (C=N–C) groups is 1. The van der Waals surface area contributed by atoms with Gasteiger partial charge in [0.2, 0.25) is 41.4 Å². The number of carbonyl (C=O) groups is 8. The first-order chi connectivity index (χ1) is 27.1. The van der Waals surface area contributed by atoms with Crippen LogP contribution in [0.2, 0.25) is 0 Å². The van der Waals surface area contributed by atoms with Crippen LogP contribution in [0.5, 0.6) is 0 Å². The first kappa shape index (κ1) is 50.3. The topological polar surface area (TPSA) is 319 Å². The molecule has 0 aliphatic heterocycles. The zero-order valence-electron chi connectivity index (χ0n) is 34.6. The number of rotatable bonds is 26. The highest BCUT2D eigenvalue weighted by Crippen LogP contribution is 2.13. The lowest BCUT2D eigenvalue weighted by molar-refractivity contribution is -0.142. The molecule has 0 aliphatic rings. The third-order valence-corrected chi connectivity index (χ3v) is 8.78. The van der Waals surface area contributed by atoms with Gasteiger partial charge in [-0.3, -0.25) is 38.6 Å². The number of benzene rings is 1. The number of carbonyl (C=O) groups excluding carboxylic acids is 7. The average Bonchev–Trinajstić information content (AvgIpc) is 3.11. The number of hydrogen-bond donors (Lipinski definition) is 10. The van der Waals surface area contributed by atoms with Crippen molar-refractivity contribution >= 4 is 53.3 Å². The fourth-order valence-corrected chi connectivity index (χ4v) is 5.90. The summed E-state index contributed by atoms with van der Waals surface area (Å²) in [6.07, 6.45) is 0.171. The van der Waals surface area contributed by atoms with Gasteiger partial charge in [-0.05, 0) is 55.4 Å². The van der Waals surface area contributed by atoms with E-state index >= 15 is 0 Å². The second-order valence-electron chi connectivity index (χ2n) is 15.5. The summed E-state index contributed by atoms with van der Waals surface area (Å²) in [6.45, 7) is 12.0. The molecule has 324 valence electrons. The minimum Gasteiger partial charge on any atom is -0.480 e. The van der Waals surface area contributed by atoms with Gasteiger partial charge in [0.25, 0.3) is 0 Å². The van der Waals surface area contributed by atoms with E-state index < -0.39 is 89.5 Å². The Morgan fingerprint density at radius 1 is 0.621 bits per heavy atom. The number of nitrogens with one attached hydrogen (secondary N) is 6. The Morgan fingerprint density at radius 3 is 1.55 bits per heavy atom. The number of hydrogen-bond acceptors (Lipinski definition) is 9. The van der Waals surface area contributed by atoms with Crippen LogP contribution in [0.3, 0.4) is 0 Å². The lowest BCUT2D eigenvalue weighted by Gasteiger charge is -2.29. The zero-order valence-corrected chi connectivity index (χ0v) is 34.6. The summed E-state index contributed by atoms with van der Waals surface area (Å²) in [5, 5.41) is 25.5. The standard InChI is InChI=1S/C39H64N10O9/c1-21(2)18-28(35(54)48-30(38(57)58)20-25-12-9-8-10-13-25)47-37(56)32(23(5)6)49-36(55)29(19-22(3)4)46-34(53)27(15-16-31(40)51)45-33(52)26(44-24(7)50)14-11-17-43-39(41)42/h8-10,12-13,21-23,26-30,32H,11,14-20H2,1-7H3,(H2,40,51)(H,44,50)(H,45,52)(H,46,53)(H,47,56)(H,48,54)(H,49,55)(H,57,58)(H4,41,42,43)/t26-,27-,28-,29-,30-,32-/m0/s1. The van der Waals surface area contributed by atoms with Crippen LogP contribution in [0.15, 0.2) is 35.3 Å². The molecule has 6 atom stereocenters. The van der Waals surface area contributed by atoms with Crippen molar-refractivity contribution in [2.45, 2.75) is 130 Å². The predicted molar refractivity (Wildman–Crippen MR) is 217 cm³/mol. The molecular weight excluding hydrogens is 752 g/mol. The minimum atomic E-state index is -1.35. The van der Waals surface area contributed by atoms with E-state index in [-0.39, 0.29) is 62.9 Å². The molecular formula is C39H64N10O9. The maximum Gasteiger partial charge on any atom is 0.326 e. The Morgan fingerprint density at radius 2 is 1.09 bits per heavy atom. The molecule has 0 spiro atoms. The molecule has 58 heavy (non-hydrogen) atoms. The zero-order chi connectivity index (χ0) is 44.1. The average molecular weight is 817 g/mol. The SMILES string of the molecule is CC(=O)N[C@@H](CCCN=C(N)N)C(=O)N[C@@H](CCC(N)=O)C(=O)N[C@@H](CC(C)C)C(=O)N[C@H](C(=O)N[C@@H](CC(C)C)C(=O)N[C@@H](Cc1ccccc1)C(=O)O)C(C)C. The number of carboxylic acids is 1. The van der Waals surface area contributed by atoms with E-state index in [2.05, 4.69) is 36.9 Å². The van der Waals surface area contributed by atoms with Gasteiger partial charge >= 0.3 is 5.97 Å². The summed E-state index contributed by atoms with van der Waals surface area (Å²) >= 11 is 0. The Hall–Kier alpha value is -5.75. The van der Waals surface area contributed by atoms with Gasteiger partial charge in [-0.15, -0.1) is 0 Å². The number of amides is 7. The molecule has 1 aromatic rings. The monoisotopic (exact) mass is 816 g/mol. The van der Waals surface area contributed by atoms with Crippen LogP contribution in [-0.2, 0) is 44.8 Å². The first-order valence-electron chi connectivity index (χ1n) is 19.5. The summed E-state index contributed by atoms with van der Waals surface area (Å²) in [6, 6.07) is 1.50. The number of carboxylic acid groups (broad SMARTS) is 1. The number of primary amides is 1. The lowest BCUT2D eigenvalue weighted by atomic mass is 9.97. The highest BCUT2D eigenvalue weighted by Gasteiger charge is 2.35. The molecule has 0 radical (unpaired) electrons. The molecule has 19 heteroatoms. The van der Waals surface area contributed by atoms with Gasteiger partial charge in [0.05, 0.1) is 0 Å². The molecule has 19 nitrogen and oxygen atoms in total. The molecule has 7 amide bonds. The van der Waals surface area contributed by atoms with E-state index in [1.165, 1.54) is 6.92 Å². The van der Waals surface area contributed by atoms with Crippen LogP contribution in [0.25, 0.3) is 0 Å². The summed E-state index contributed by atoms with van der Waals surface area (Å²) in [7, 11) is 0. The van der Waals surface area contributed by atoms with Crippen molar-refractivity contribution in [3.63, 3.8) is 0 Å². The number of nitrogens with two attached hydrogens (primary N) is 3. The largest absolute Gasteiger partial charge is 0.480 e. The lowest BCUT2D eigenvalue weighted by Crippen LogP contribution is -2.60. The van der Waals surface area contributed by atoms with Crippen molar-refractivity contribution in [1.29, 1.82) is 0 Å². The third kappa shape index (κ3) is 19.9. The molecule has 0 bridgehead atoms. The van der Waals surface area contributed by atoms with Gasteiger partial charge in [-0.1, -0.05) is 71.9 Å². The molecule has 0 unspecified atom stereocenters. The number of guanidine groups is 1. The first-order valence-corrected chi connectivity index (χ1v) is 19.5. The normalized spacial score (nSPS) is 14.2. The van der Waals surface area contributed by atoms with E-state index in [9.17, 15) is 43.5 Å². The fourth-order valence-electron chi connectivity index (χ4n) is 5.90. The van der Waals surface area contributed by atoms with Crippen molar-refractivity contribution < 1.29 is 43.5 Å². The van der Waals surface area contributed by atoms with Crippen molar-refractivity contribution in [3.05, 3.63) is 35.9 Å². The van der Waals surface area contributed by atoms with Crippen molar-refractivity contribution in [1.82, 2.24) is 31.9 Å². The van der Waals surface area contributed by atoms with E-state index in [0.717, 1.165) is 0 Å². The number of nitrogens with zero attached hydrogens (tertiary/aromatic N) is 1. The molecule has 1 aromatic carbocycles. The Labute approximate surface area is 340 Å². The van der Waals surface area contributed by atoms with E-state index in [0.29, 0.717) is 12.0 Å². The molecule has 13 N–H and O–H groups in total. The van der Waals surface area contributed by atoms with Crippen LogP contribution in [-0.4, -0.2) is 101 Å². The van der Waals surface area contributed by atoms with E-state index in [4.69, 9.17) is 17.2 Å². The highest BCUT2D eigenvalue weighted by atomic mass is 16.4. The van der Waals surface area contributed by atoms with Crippen molar-refractivity contribution in [2.75, 3.05) is 6.54 Å². The van der Waals surface area contributed by atoms with E-state index in [1.807, 2.05) is 27.7 Å². The van der Waals surface area contributed by atoms with Gasteiger partial charge in [-0.2, -0.15) is 0 Å². The maximum atomic E-state index is 13.9. The molecule has 0 aromatic heterocycles. The van der Waals surface area contributed by atoms with Crippen molar-refractivity contribution in [2.24, 2.45) is 39.9 Å². The fraction of sp³-hybridized carbons (Fsp3) is 0.615. The Kier molecular flexibility index (Phi) is 22.1. The van der Waals surface area contributed by atoms with Gasteiger partial charge < -0.3 is 54.2 Å². The minimum absolute atomic E-state index is 0.0154. The van der Waals surface area contributed by atoms with Crippen LogP contribution in [0.1, 0.15) is 92.6 Å². The van der Waals surface area contributed by atoms with Crippen LogP contribution in [0.4, 0.5) is 0 Å². The second-order valence-corrected chi connectivity index (χ2v) is 15.5. The molecule has 0 saturated carbocycles. The smallest absolute Gasteiger partial charge is 0.326 e. The van der Waals surface area contributed by atoms with Crippen molar-refractivity contribution in [3.8, 4) is 0 Å². The van der Waals surface area contributed by atoms with E-state index in [1.54, 1.807) is 44.2 Å².